The summed E-state index contributed by atoms with van der Waals surface area (Å²) in [6.45, 7) is 3.16. The third kappa shape index (κ3) is 3.87. The number of nitro benzene ring substituents is 1. The van der Waals surface area contributed by atoms with Crippen molar-refractivity contribution in [1.29, 1.82) is 0 Å². The maximum Gasteiger partial charge on any atom is 0.270 e. The van der Waals surface area contributed by atoms with Crippen LogP contribution in [0.3, 0.4) is 0 Å². The summed E-state index contributed by atoms with van der Waals surface area (Å²) in [6.07, 6.45) is 0. The smallest absolute Gasteiger partial charge is 0.270 e. The van der Waals surface area contributed by atoms with Gasteiger partial charge >= 0.3 is 0 Å². The minimum Gasteiger partial charge on any atom is -0.506 e. The average molecular weight is 426 g/mol. The summed E-state index contributed by atoms with van der Waals surface area (Å²) in [4.78, 5) is 22.6. The third-order valence-corrected chi connectivity index (χ3v) is 6.52. The van der Waals surface area contributed by atoms with E-state index >= 15 is 0 Å². The van der Waals surface area contributed by atoms with E-state index in [-0.39, 0.29) is 26.7 Å². The van der Waals surface area contributed by atoms with Crippen LogP contribution in [0.4, 0.5) is 11.4 Å². The Balaban J connectivity index is 2.06. The second-order valence-corrected chi connectivity index (χ2v) is 8.52. The van der Waals surface area contributed by atoms with Gasteiger partial charge in [0.15, 0.2) is 0 Å². The molecule has 0 saturated heterocycles. The van der Waals surface area contributed by atoms with Gasteiger partial charge in [0.2, 0.25) is 9.84 Å². The van der Waals surface area contributed by atoms with Crippen molar-refractivity contribution in [3.63, 3.8) is 0 Å². The van der Waals surface area contributed by atoms with Gasteiger partial charge in [-0.2, -0.15) is 0 Å². The summed E-state index contributed by atoms with van der Waals surface area (Å²) < 4.78 is 26.0. The van der Waals surface area contributed by atoms with Gasteiger partial charge in [-0.25, -0.2) is 8.42 Å². The molecule has 0 bridgehead atoms. The van der Waals surface area contributed by atoms with Gasteiger partial charge in [-0.05, 0) is 49.2 Å². The minimum atomic E-state index is -4.04. The highest BCUT2D eigenvalue weighted by molar-refractivity contribution is 7.91. The zero-order chi connectivity index (χ0) is 22.1. The number of phenols is 1. The number of nitrogens with one attached hydrogen (secondary N) is 1. The molecule has 0 atom stereocenters. The Morgan fingerprint density at radius 2 is 1.67 bits per heavy atom. The van der Waals surface area contributed by atoms with Crippen molar-refractivity contribution in [2.24, 2.45) is 0 Å². The number of amides is 1. The standard InChI is InChI=1S/C21H18N2O6S/c1-13-14(2)20(24)19(30(28,29)17-9-4-3-5-10-17)12-18(13)22-21(25)15-7-6-8-16(11-15)23(26)27/h3-12,24H,1-2H3,(H,22,25). The van der Waals surface area contributed by atoms with E-state index in [1.807, 2.05) is 0 Å². The molecule has 3 rings (SSSR count). The number of rotatable bonds is 5. The number of phenolic OH excluding ortho intramolecular Hbond substituents is 1. The highest BCUT2D eigenvalue weighted by Crippen LogP contribution is 2.37. The predicted molar refractivity (Wildman–Crippen MR) is 111 cm³/mol. The highest BCUT2D eigenvalue weighted by Gasteiger charge is 2.25. The van der Waals surface area contributed by atoms with Crippen LogP contribution in [0.1, 0.15) is 21.5 Å². The molecule has 3 aromatic rings. The second-order valence-electron chi connectivity index (χ2n) is 6.60. The van der Waals surface area contributed by atoms with Gasteiger partial charge in [-0.15, -0.1) is 0 Å². The predicted octanol–water partition coefficient (Wildman–Crippen LogP) is 4.00. The SMILES string of the molecule is Cc1c(NC(=O)c2cccc([N+](=O)[O-])c2)cc(S(=O)(=O)c2ccccc2)c(O)c1C. The largest absolute Gasteiger partial charge is 0.506 e. The minimum absolute atomic E-state index is 0.000450. The Morgan fingerprint density at radius 1 is 1.00 bits per heavy atom. The van der Waals surface area contributed by atoms with E-state index in [9.17, 15) is 28.4 Å². The summed E-state index contributed by atoms with van der Waals surface area (Å²) in [7, 11) is -4.04. The van der Waals surface area contributed by atoms with Gasteiger partial charge in [0.05, 0.1) is 9.82 Å². The quantitative estimate of drug-likeness (QED) is 0.361. The maximum absolute atomic E-state index is 13.0. The number of hydrogen-bond acceptors (Lipinski definition) is 6. The first-order valence-corrected chi connectivity index (χ1v) is 10.3. The molecule has 0 aliphatic rings. The number of hydrogen-bond donors (Lipinski definition) is 2. The fourth-order valence-corrected chi connectivity index (χ4v) is 4.34. The number of anilines is 1. The number of benzene rings is 3. The molecular weight excluding hydrogens is 408 g/mol. The molecule has 0 heterocycles. The Bertz CT molecular complexity index is 1250. The molecule has 8 nitrogen and oxygen atoms in total. The van der Waals surface area contributed by atoms with Crippen LogP contribution in [0.5, 0.6) is 5.75 Å². The van der Waals surface area contributed by atoms with Crippen molar-refractivity contribution in [3.05, 3.63) is 87.5 Å². The van der Waals surface area contributed by atoms with Crippen LogP contribution in [0.15, 0.2) is 70.5 Å². The summed E-state index contributed by atoms with van der Waals surface area (Å²) in [5.41, 5.74) is 0.742. The average Bonchev–Trinajstić information content (AvgIpc) is 2.74. The van der Waals surface area contributed by atoms with Crippen LogP contribution in [-0.2, 0) is 9.84 Å². The molecule has 0 unspecified atom stereocenters. The Morgan fingerprint density at radius 3 is 2.30 bits per heavy atom. The van der Waals surface area contributed by atoms with Crippen molar-refractivity contribution in [2.75, 3.05) is 5.32 Å². The molecule has 9 heteroatoms. The number of sulfone groups is 1. The Kier molecular flexibility index (Phi) is 5.57. The summed E-state index contributed by atoms with van der Waals surface area (Å²) in [5, 5.41) is 24.0. The van der Waals surface area contributed by atoms with Crippen molar-refractivity contribution < 1.29 is 23.2 Å². The van der Waals surface area contributed by atoms with E-state index < -0.39 is 26.4 Å². The highest BCUT2D eigenvalue weighted by atomic mass is 32.2. The van der Waals surface area contributed by atoms with Gasteiger partial charge < -0.3 is 10.4 Å². The molecule has 0 fully saturated rings. The lowest BCUT2D eigenvalue weighted by Gasteiger charge is -2.16. The normalized spacial score (nSPS) is 11.1. The number of non-ortho nitro benzene ring substituents is 1. The van der Waals surface area contributed by atoms with Crippen molar-refractivity contribution in [2.45, 2.75) is 23.6 Å². The molecular formula is C21H18N2O6S. The molecule has 2 N–H and O–H groups in total. The van der Waals surface area contributed by atoms with E-state index in [2.05, 4.69) is 5.32 Å². The third-order valence-electron chi connectivity index (χ3n) is 4.74. The molecule has 0 radical (unpaired) electrons. The van der Waals surface area contributed by atoms with E-state index in [0.717, 1.165) is 6.07 Å². The number of carbonyl (C=O) groups excluding carboxylic acids is 1. The summed E-state index contributed by atoms with van der Waals surface area (Å²) in [6, 6.07) is 14.0. The lowest BCUT2D eigenvalue weighted by Crippen LogP contribution is -2.14. The Hall–Kier alpha value is -3.72. The zero-order valence-electron chi connectivity index (χ0n) is 16.1. The first-order valence-electron chi connectivity index (χ1n) is 8.82. The fourth-order valence-electron chi connectivity index (χ4n) is 2.89. The molecule has 0 saturated carbocycles. The van der Waals surface area contributed by atoms with Crippen LogP contribution < -0.4 is 5.32 Å². The van der Waals surface area contributed by atoms with Gasteiger partial charge in [-0.3, -0.25) is 14.9 Å². The first kappa shape index (κ1) is 21.0. The van der Waals surface area contributed by atoms with Crippen LogP contribution >= 0.6 is 0 Å². The molecule has 154 valence electrons. The van der Waals surface area contributed by atoms with Crippen molar-refractivity contribution in [1.82, 2.24) is 0 Å². The molecule has 0 spiro atoms. The monoisotopic (exact) mass is 426 g/mol. The number of aromatic hydroxyl groups is 1. The number of nitro groups is 1. The van der Waals surface area contributed by atoms with Gasteiger partial charge in [0, 0.05) is 23.4 Å². The fraction of sp³-hybridized carbons (Fsp3) is 0.0952. The van der Waals surface area contributed by atoms with E-state index in [4.69, 9.17) is 0 Å². The topological polar surface area (TPSA) is 127 Å². The van der Waals surface area contributed by atoms with Crippen LogP contribution in [0.25, 0.3) is 0 Å². The van der Waals surface area contributed by atoms with E-state index in [0.29, 0.717) is 11.1 Å². The zero-order valence-corrected chi connectivity index (χ0v) is 16.9. The molecule has 0 aliphatic carbocycles. The summed E-state index contributed by atoms with van der Waals surface area (Å²) in [5.74, 6) is -1.04. The van der Waals surface area contributed by atoms with Crippen LogP contribution in [0.2, 0.25) is 0 Å². The Labute approximate surface area is 172 Å². The lowest BCUT2D eigenvalue weighted by molar-refractivity contribution is -0.384. The summed E-state index contributed by atoms with van der Waals surface area (Å²) >= 11 is 0. The molecule has 30 heavy (non-hydrogen) atoms. The van der Waals surface area contributed by atoms with Crippen LogP contribution in [-0.4, -0.2) is 24.4 Å². The molecule has 1 amide bonds. The van der Waals surface area contributed by atoms with Gasteiger partial charge in [-0.1, -0.05) is 24.3 Å². The number of carbonyl (C=O) groups is 1. The van der Waals surface area contributed by atoms with Crippen LogP contribution in [0, 0.1) is 24.0 Å². The molecule has 0 aliphatic heterocycles. The van der Waals surface area contributed by atoms with Gasteiger partial charge in [0.1, 0.15) is 10.6 Å². The van der Waals surface area contributed by atoms with E-state index in [1.165, 1.54) is 43.3 Å². The first-order chi connectivity index (χ1) is 14.1. The van der Waals surface area contributed by atoms with Crippen molar-refractivity contribution >= 4 is 27.1 Å². The molecule has 0 aromatic heterocycles. The lowest BCUT2D eigenvalue weighted by atomic mass is 10.1. The number of nitrogens with zero attached hydrogens (tertiary/aromatic N) is 1. The van der Waals surface area contributed by atoms with Crippen molar-refractivity contribution in [3.8, 4) is 5.75 Å². The molecule has 3 aromatic carbocycles. The van der Waals surface area contributed by atoms with E-state index in [1.54, 1.807) is 25.1 Å². The van der Waals surface area contributed by atoms with Gasteiger partial charge in [0.25, 0.3) is 11.6 Å². The maximum atomic E-state index is 13.0. The second kappa shape index (κ2) is 7.96.